The standard InChI is InChI=1S/C14H27N/c1-3-4-5-6-7-9-13-10-8-11-14(12-13)15-2/h3,13-15H,1,4-12H2,2H3. The van der Waals surface area contributed by atoms with E-state index in [1.807, 2.05) is 6.08 Å². The van der Waals surface area contributed by atoms with Gasteiger partial charge in [-0.2, -0.15) is 0 Å². The zero-order chi connectivity index (χ0) is 10.9. The quantitative estimate of drug-likeness (QED) is 0.495. The van der Waals surface area contributed by atoms with E-state index in [1.165, 1.54) is 57.8 Å². The molecule has 2 atom stereocenters. The molecule has 0 aromatic rings. The lowest BCUT2D eigenvalue weighted by molar-refractivity contribution is 0.276. The van der Waals surface area contributed by atoms with Crippen LogP contribution in [0.1, 0.15) is 57.8 Å². The van der Waals surface area contributed by atoms with E-state index < -0.39 is 0 Å². The van der Waals surface area contributed by atoms with Crippen molar-refractivity contribution in [1.82, 2.24) is 5.32 Å². The van der Waals surface area contributed by atoms with E-state index in [4.69, 9.17) is 0 Å². The lowest BCUT2D eigenvalue weighted by Crippen LogP contribution is -2.31. The molecule has 1 saturated carbocycles. The molecule has 0 amide bonds. The second-order valence-electron chi connectivity index (χ2n) is 4.94. The predicted molar refractivity (Wildman–Crippen MR) is 68.1 cm³/mol. The molecule has 1 nitrogen and oxygen atoms in total. The second kappa shape index (κ2) is 7.92. The first-order chi connectivity index (χ1) is 7.36. The molecular weight excluding hydrogens is 182 g/mol. The first-order valence-corrected chi connectivity index (χ1v) is 6.65. The molecule has 0 bridgehead atoms. The first kappa shape index (κ1) is 12.8. The molecule has 0 spiro atoms. The van der Waals surface area contributed by atoms with Gasteiger partial charge in [0.25, 0.3) is 0 Å². The average molecular weight is 209 g/mol. The van der Waals surface area contributed by atoms with Crippen LogP contribution in [0, 0.1) is 5.92 Å². The predicted octanol–water partition coefficient (Wildman–Crippen LogP) is 3.90. The minimum atomic E-state index is 0.803. The van der Waals surface area contributed by atoms with Crippen molar-refractivity contribution in [1.29, 1.82) is 0 Å². The molecule has 2 unspecified atom stereocenters. The molecule has 1 aliphatic rings. The summed E-state index contributed by atoms with van der Waals surface area (Å²) in [6.07, 6.45) is 14.6. The van der Waals surface area contributed by atoms with Gasteiger partial charge in [-0.25, -0.2) is 0 Å². The Morgan fingerprint density at radius 2 is 2.13 bits per heavy atom. The van der Waals surface area contributed by atoms with E-state index in [9.17, 15) is 0 Å². The average Bonchev–Trinajstić information content (AvgIpc) is 2.29. The van der Waals surface area contributed by atoms with E-state index in [0.29, 0.717) is 0 Å². The van der Waals surface area contributed by atoms with Crippen LogP contribution < -0.4 is 5.32 Å². The van der Waals surface area contributed by atoms with Crippen molar-refractivity contribution in [3.05, 3.63) is 12.7 Å². The molecule has 1 rings (SSSR count). The highest BCUT2D eigenvalue weighted by molar-refractivity contribution is 4.76. The molecule has 0 radical (unpaired) electrons. The third kappa shape index (κ3) is 5.36. The van der Waals surface area contributed by atoms with Gasteiger partial charge in [0.05, 0.1) is 0 Å². The number of hydrogen-bond acceptors (Lipinski definition) is 1. The van der Waals surface area contributed by atoms with Crippen LogP contribution >= 0.6 is 0 Å². The first-order valence-electron chi connectivity index (χ1n) is 6.65. The van der Waals surface area contributed by atoms with Gasteiger partial charge in [-0.3, -0.25) is 0 Å². The molecular formula is C14H27N. The largest absolute Gasteiger partial charge is 0.317 e. The van der Waals surface area contributed by atoms with Gasteiger partial charge in [0, 0.05) is 6.04 Å². The fourth-order valence-corrected chi connectivity index (χ4v) is 2.71. The van der Waals surface area contributed by atoms with Gasteiger partial charge in [0.1, 0.15) is 0 Å². The SMILES string of the molecule is C=CCCCCCC1CCCC(NC)C1. The molecule has 88 valence electrons. The van der Waals surface area contributed by atoms with Crippen LogP contribution in [0.2, 0.25) is 0 Å². The Balaban J connectivity index is 2.02. The van der Waals surface area contributed by atoms with E-state index in [0.717, 1.165) is 12.0 Å². The summed E-state index contributed by atoms with van der Waals surface area (Å²) in [6.45, 7) is 3.76. The highest BCUT2D eigenvalue weighted by Crippen LogP contribution is 2.28. The summed E-state index contributed by atoms with van der Waals surface area (Å²) in [7, 11) is 2.11. The molecule has 0 saturated heterocycles. The Bertz CT molecular complexity index is 165. The Labute approximate surface area is 95.3 Å². The molecule has 0 aromatic carbocycles. The minimum Gasteiger partial charge on any atom is -0.317 e. The van der Waals surface area contributed by atoms with Crippen molar-refractivity contribution in [3.63, 3.8) is 0 Å². The van der Waals surface area contributed by atoms with Crippen LogP contribution in [0.3, 0.4) is 0 Å². The molecule has 0 aliphatic heterocycles. The highest BCUT2D eigenvalue weighted by atomic mass is 14.9. The van der Waals surface area contributed by atoms with Gasteiger partial charge in [-0.05, 0) is 38.6 Å². The summed E-state index contributed by atoms with van der Waals surface area (Å²) in [5, 5.41) is 3.43. The summed E-state index contributed by atoms with van der Waals surface area (Å²) < 4.78 is 0. The van der Waals surface area contributed by atoms with Crippen molar-refractivity contribution in [3.8, 4) is 0 Å². The Morgan fingerprint density at radius 1 is 1.27 bits per heavy atom. The Kier molecular flexibility index (Phi) is 6.74. The van der Waals surface area contributed by atoms with Crippen LogP contribution in [0.25, 0.3) is 0 Å². The maximum absolute atomic E-state index is 3.76. The zero-order valence-electron chi connectivity index (χ0n) is 10.3. The molecule has 1 fully saturated rings. The van der Waals surface area contributed by atoms with Gasteiger partial charge in [0.15, 0.2) is 0 Å². The van der Waals surface area contributed by atoms with Crippen LogP contribution in [-0.2, 0) is 0 Å². The molecule has 1 heteroatoms. The number of hydrogen-bond donors (Lipinski definition) is 1. The van der Waals surface area contributed by atoms with Crippen molar-refractivity contribution in [2.45, 2.75) is 63.8 Å². The number of rotatable bonds is 7. The molecule has 0 heterocycles. The van der Waals surface area contributed by atoms with Crippen LogP contribution in [0.4, 0.5) is 0 Å². The number of nitrogens with one attached hydrogen (secondary N) is 1. The summed E-state index contributed by atoms with van der Waals surface area (Å²) >= 11 is 0. The third-order valence-electron chi connectivity index (χ3n) is 3.71. The van der Waals surface area contributed by atoms with E-state index in [2.05, 4.69) is 18.9 Å². The zero-order valence-corrected chi connectivity index (χ0v) is 10.3. The van der Waals surface area contributed by atoms with Gasteiger partial charge in [-0.1, -0.05) is 38.2 Å². The van der Waals surface area contributed by atoms with E-state index >= 15 is 0 Å². The lowest BCUT2D eigenvalue weighted by atomic mass is 9.82. The monoisotopic (exact) mass is 209 g/mol. The topological polar surface area (TPSA) is 12.0 Å². The molecule has 1 N–H and O–H groups in total. The summed E-state index contributed by atoms with van der Waals surface area (Å²) in [4.78, 5) is 0. The van der Waals surface area contributed by atoms with Gasteiger partial charge >= 0.3 is 0 Å². The van der Waals surface area contributed by atoms with Crippen molar-refractivity contribution in [2.75, 3.05) is 7.05 Å². The lowest BCUT2D eigenvalue weighted by Gasteiger charge is -2.28. The minimum absolute atomic E-state index is 0.803. The molecule has 1 aliphatic carbocycles. The Hall–Kier alpha value is -0.300. The van der Waals surface area contributed by atoms with Gasteiger partial charge in [-0.15, -0.1) is 6.58 Å². The molecule has 0 aromatic heterocycles. The maximum Gasteiger partial charge on any atom is 0.00667 e. The second-order valence-corrected chi connectivity index (χ2v) is 4.94. The van der Waals surface area contributed by atoms with Gasteiger partial charge in [0.2, 0.25) is 0 Å². The smallest absolute Gasteiger partial charge is 0.00667 e. The summed E-state index contributed by atoms with van der Waals surface area (Å²) in [6, 6.07) is 0.803. The molecule has 15 heavy (non-hydrogen) atoms. The van der Waals surface area contributed by atoms with Crippen molar-refractivity contribution in [2.24, 2.45) is 5.92 Å². The highest BCUT2D eigenvalue weighted by Gasteiger charge is 2.19. The van der Waals surface area contributed by atoms with Crippen LogP contribution in [-0.4, -0.2) is 13.1 Å². The van der Waals surface area contributed by atoms with Crippen LogP contribution in [0.15, 0.2) is 12.7 Å². The summed E-state index contributed by atoms with van der Waals surface area (Å²) in [5.74, 6) is 1.000. The van der Waals surface area contributed by atoms with Crippen LogP contribution in [0.5, 0.6) is 0 Å². The Morgan fingerprint density at radius 3 is 2.87 bits per heavy atom. The number of allylic oxidation sites excluding steroid dienone is 1. The number of unbranched alkanes of at least 4 members (excludes halogenated alkanes) is 3. The normalized spacial score (nSPS) is 26.5. The fraction of sp³-hybridized carbons (Fsp3) is 0.857. The fourth-order valence-electron chi connectivity index (χ4n) is 2.71. The van der Waals surface area contributed by atoms with E-state index in [-0.39, 0.29) is 0 Å². The third-order valence-corrected chi connectivity index (χ3v) is 3.71. The van der Waals surface area contributed by atoms with Gasteiger partial charge < -0.3 is 5.32 Å². The van der Waals surface area contributed by atoms with Crippen molar-refractivity contribution >= 4 is 0 Å². The van der Waals surface area contributed by atoms with Crippen molar-refractivity contribution < 1.29 is 0 Å². The summed E-state index contributed by atoms with van der Waals surface area (Å²) in [5.41, 5.74) is 0. The van der Waals surface area contributed by atoms with E-state index in [1.54, 1.807) is 0 Å². The maximum atomic E-state index is 3.76.